The molecule has 4 heteroatoms. The van der Waals surface area contributed by atoms with Gasteiger partial charge in [0, 0.05) is 0 Å². The summed E-state index contributed by atoms with van der Waals surface area (Å²) in [5.41, 5.74) is 0. The lowest BCUT2D eigenvalue weighted by atomic mass is 10.2. The number of rotatable bonds is 3. The number of aliphatic hydroxyl groups is 1. The Labute approximate surface area is 81.1 Å². The number of hydrogen-bond acceptors (Lipinski definition) is 2. The first-order valence-corrected chi connectivity index (χ1v) is 4.31. The van der Waals surface area contributed by atoms with Gasteiger partial charge < -0.3 is 9.84 Å². The summed E-state index contributed by atoms with van der Waals surface area (Å²) < 4.78 is 30.8. The molecule has 0 heterocycles. The maximum absolute atomic E-state index is 13.0. The van der Waals surface area contributed by atoms with Gasteiger partial charge in [-0.05, 0) is 26.0 Å². The van der Waals surface area contributed by atoms with Gasteiger partial charge in [0.05, 0.1) is 6.10 Å². The van der Waals surface area contributed by atoms with E-state index in [0.717, 1.165) is 6.07 Å². The molecule has 1 unspecified atom stereocenters. The van der Waals surface area contributed by atoms with Crippen molar-refractivity contribution in [2.24, 2.45) is 0 Å². The van der Waals surface area contributed by atoms with Crippen LogP contribution in [0.2, 0.25) is 0 Å². The lowest BCUT2D eigenvalue weighted by Crippen LogP contribution is -2.26. The Hall–Kier alpha value is -1.16. The molecule has 0 radical (unpaired) electrons. The molecule has 1 aromatic rings. The SMILES string of the molecule is CC(Oc1cccc(F)c1F)[C@H](C)O. The molecule has 1 aromatic carbocycles. The summed E-state index contributed by atoms with van der Waals surface area (Å²) in [5, 5.41) is 9.10. The van der Waals surface area contributed by atoms with E-state index in [2.05, 4.69) is 0 Å². The minimum Gasteiger partial charge on any atom is -0.485 e. The van der Waals surface area contributed by atoms with E-state index in [1.807, 2.05) is 0 Å². The molecule has 14 heavy (non-hydrogen) atoms. The van der Waals surface area contributed by atoms with Crippen molar-refractivity contribution in [1.82, 2.24) is 0 Å². The van der Waals surface area contributed by atoms with E-state index < -0.39 is 23.8 Å². The molecule has 1 N–H and O–H groups in total. The smallest absolute Gasteiger partial charge is 0.200 e. The van der Waals surface area contributed by atoms with Crippen LogP contribution in [0.15, 0.2) is 18.2 Å². The van der Waals surface area contributed by atoms with Gasteiger partial charge in [-0.1, -0.05) is 6.07 Å². The Balaban J connectivity index is 2.82. The van der Waals surface area contributed by atoms with Crippen LogP contribution in [0.1, 0.15) is 13.8 Å². The summed E-state index contributed by atoms with van der Waals surface area (Å²) >= 11 is 0. The van der Waals surface area contributed by atoms with Crippen LogP contribution in [0, 0.1) is 11.6 Å². The highest BCUT2D eigenvalue weighted by Crippen LogP contribution is 2.20. The standard InChI is InChI=1S/C10H12F2O2/c1-6(13)7(2)14-9-5-3-4-8(11)10(9)12/h3-7,13H,1-2H3/t6-,7?/m0/s1. The van der Waals surface area contributed by atoms with Crippen LogP contribution < -0.4 is 4.74 Å². The summed E-state index contributed by atoms with van der Waals surface area (Å²) in [5.74, 6) is -2.17. The van der Waals surface area contributed by atoms with Crippen molar-refractivity contribution < 1.29 is 18.6 Å². The van der Waals surface area contributed by atoms with E-state index in [-0.39, 0.29) is 5.75 Å². The van der Waals surface area contributed by atoms with E-state index in [4.69, 9.17) is 9.84 Å². The number of aliphatic hydroxyl groups excluding tert-OH is 1. The topological polar surface area (TPSA) is 29.5 Å². The van der Waals surface area contributed by atoms with E-state index in [0.29, 0.717) is 0 Å². The molecule has 0 aliphatic carbocycles. The van der Waals surface area contributed by atoms with Crippen molar-refractivity contribution in [1.29, 1.82) is 0 Å². The summed E-state index contributed by atoms with van der Waals surface area (Å²) in [6.07, 6.45) is -1.32. The lowest BCUT2D eigenvalue weighted by Gasteiger charge is -2.17. The molecule has 0 spiro atoms. The van der Waals surface area contributed by atoms with Crippen molar-refractivity contribution in [2.45, 2.75) is 26.1 Å². The monoisotopic (exact) mass is 202 g/mol. The Kier molecular flexibility index (Phi) is 3.41. The zero-order valence-corrected chi connectivity index (χ0v) is 8.00. The molecular formula is C10H12F2O2. The number of halogens is 2. The number of ether oxygens (including phenoxy) is 1. The van der Waals surface area contributed by atoms with Crippen LogP contribution >= 0.6 is 0 Å². The van der Waals surface area contributed by atoms with Crippen molar-refractivity contribution in [3.63, 3.8) is 0 Å². The maximum atomic E-state index is 13.0. The molecule has 0 bridgehead atoms. The predicted molar refractivity (Wildman–Crippen MR) is 48.1 cm³/mol. The Morgan fingerprint density at radius 3 is 2.50 bits per heavy atom. The largest absolute Gasteiger partial charge is 0.485 e. The summed E-state index contributed by atoms with van der Waals surface area (Å²) in [4.78, 5) is 0. The fourth-order valence-electron chi connectivity index (χ4n) is 0.874. The molecular weight excluding hydrogens is 190 g/mol. The average Bonchev–Trinajstić information content (AvgIpc) is 2.12. The second kappa shape index (κ2) is 4.37. The maximum Gasteiger partial charge on any atom is 0.200 e. The van der Waals surface area contributed by atoms with Gasteiger partial charge in [-0.15, -0.1) is 0 Å². The van der Waals surface area contributed by atoms with E-state index in [1.165, 1.54) is 19.1 Å². The van der Waals surface area contributed by atoms with Gasteiger partial charge in [0.25, 0.3) is 0 Å². The van der Waals surface area contributed by atoms with Crippen LogP contribution in [0.4, 0.5) is 8.78 Å². The highest BCUT2D eigenvalue weighted by Gasteiger charge is 2.14. The van der Waals surface area contributed by atoms with Gasteiger partial charge in [-0.25, -0.2) is 4.39 Å². The van der Waals surface area contributed by atoms with Gasteiger partial charge in [-0.3, -0.25) is 0 Å². The highest BCUT2D eigenvalue weighted by atomic mass is 19.2. The molecule has 2 atom stereocenters. The summed E-state index contributed by atoms with van der Waals surface area (Å²) in [6, 6.07) is 3.68. The molecule has 0 aliphatic heterocycles. The van der Waals surface area contributed by atoms with Crippen LogP contribution in [-0.2, 0) is 0 Å². The van der Waals surface area contributed by atoms with Crippen LogP contribution in [0.3, 0.4) is 0 Å². The minimum absolute atomic E-state index is 0.182. The molecule has 0 aromatic heterocycles. The Bertz CT molecular complexity index is 313. The highest BCUT2D eigenvalue weighted by molar-refractivity contribution is 5.25. The van der Waals surface area contributed by atoms with Crippen LogP contribution in [0.5, 0.6) is 5.75 Å². The minimum atomic E-state index is -1.03. The normalized spacial score (nSPS) is 14.9. The van der Waals surface area contributed by atoms with E-state index in [9.17, 15) is 8.78 Å². The summed E-state index contributed by atoms with van der Waals surface area (Å²) in [6.45, 7) is 3.09. The molecule has 0 saturated carbocycles. The zero-order valence-electron chi connectivity index (χ0n) is 8.00. The third kappa shape index (κ3) is 2.42. The first-order chi connectivity index (χ1) is 6.52. The average molecular weight is 202 g/mol. The first-order valence-electron chi connectivity index (χ1n) is 4.31. The molecule has 2 nitrogen and oxygen atoms in total. The molecule has 0 amide bonds. The number of hydrogen-bond donors (Lipinski definition) is 1. The third-order valence-corrected chi connectivity index (χ3v) is 1.91. The zero-order chi connectivity index (χ0) is 10.7. The fraction of sp³-hybridized carbons (Fsp3) is 0.400. The van der Waals surface area contributed by atoms with Crippen LogP contribution in [-0.4, -0.2) is 17.3 Å². The quantitative estimate of drug-likeness (QED) is 0.813. The van der Waals surface area contributed by atoms with Gasteiger partial charge in [0.15, 0.2) is 11.6 Å². The molecule has 0 fully saturated rings. The molecule has 0 aliphatic rings. The van der Waals surface area contributed by atoms with Crippen molar-refractivity contribution in [2.75, 3.05) is 0 Å². The van der Waals surface area contributed by atoms with Crippen molar-refractivity contribution in [3.05, 3.63) is 29.8 Å². The Morgan fingerprint density at radius 2 is 1.93 bits per heavy atom. The van der Waals surface area contributed by atoms with Gasteiger partial charge in [0.2, 0.25) is 5.82 Å². The number of benzene rings is 1. The second-order valence-electron chi connectivity index (χ2n) is 3.12. The second-order valence-corrected chi connectivity index (χ2v) is 3.12. The van der Waals surface area contributed by atoms with Crippen LogP contribution in [0.25, 0.3) is 0 Å². The Morgan fingerprint density at radius 1 is 1.29 bits per heavy atom. The van der Waals surface area contributed by atoms with Crippen molar-refractivity contribution in [3.8, 4) is 5.75 Å². The molecule has 1 rings (SSSR count). The predicted octanol–water partition coefficient (Wildman–Crippen LogP) is 2.11. The lowest BCUT2D eigenvalue weighted by molar-refractivity contribution is 0.0574. The third-order valence-electron chi connectivity index (χ3n) is 1.91. The summed E-state index contributed by atoms with van der Waals surface area (Å²) in [7, 11) is 0. The van der Waals surface area contributed by atoms with Crippen molar-refractivity contribution >= 4 is 0 Å². The van der Waals surface area contributed by atoms with E-state index in [1.54, 1.807) is 6.92 Å². The first kappa shape index (κ1) is 10.9. The molecule has 0 saturated heterocycles. The van der Waals surface area contributed by atoms with Gasteiger partial charge in [-0.2, -0.15) is 4.39 Å². The van der Waals surface area contributed by atoms with E-state index >= 15 is 0 Å². The molecule has 78 valence electrons. The van der Waals surface area contributed by atoms with Gasteiger partial charge in [0.1, 0.15) is 6.10 Å². The fourth-order valence-corrected chi connectivity index (χ4v) is 0.874. The van der Waals surface area contributed by atoms with Gasteiger partial charge >= 0.3 is 0 Å².